The zero-order valence-corrected chi connectivity index (χ0v) is 19.7. The molecule has 0 aliphatic rings. The second-order valence-corrected chi connectivity index (χ2v) is 8.79. The van der Waals surface area contributed by atoms with Crippen LogP contribution in [0.5, 0.6) is 5.75 Å². The van der Waals surface area contributed by atoms with Crippen molar-refractivity contribution >= 4 is 27.3 Å². The van der Waals surface area contributed by atoms with E-state index < -0.39 is 0 Å². The normalized spacial score (nSPS) is 12.1. The summed E-state index contributed by atoms with van der Waals surface area (Å²) < 4.78 is 1.96. The van der Waals surface area contributed by atoms with Crippen LogP contribution in [0, 0.1) is 27.7 Å². The van der Waals surface area contributed by atoms with Gasteiger partial charge in [0.05, 0.1) is 5.71 Å². The van der Waals surface area contributed by atoms with Crippen LogP contribution >= 0.6 is 0 Å². The van der Waals surface area contributed by atoms with Gasteiger partial charge in [-0.05, 0) is 90.0 Å². The maximum atomic E-state index is 13.8. The van der Waals surface area contributed by atoms with Crippen molar-refractivity contribution in [3.63, 3.8) is 0 Å². The Hall–Kier alpha value is -3.85. The number of hydrogen-bond donors (Lipinski definition) is 0. The molecule has 5 aromatic rings. The summed E-state index contributed by atoms with van der Waals surface area (Å²) in [6, 6.07) is 24.5. The molecule has 0 bridgehead atoms. The van der Waals surface area contributed by atoms with E-state index >= 15 is 0 Å². The largest absolute Gasteiger partial charge is 0.872 e. The van der Waals surface area contributed by atoms with E-state index in [-0.39, 0.29) is 5.75 Å². The van der Waals surface area contributed by atoms with Crippen LogP contribution in [0.1, 0.15) is 35.0 Å². The fourth-order valence-electron chi connectivity index (χ4n) is 4.79. The van der Waals surface area contributed by atoms with Crippen LogP contribution in [-0.4, -0.2) is 10.4 Å². The highest BCUT2D eigenvalue weighted by atomic mass is 16.3. The molecule has 0 aliphatic heterocycles. The molecule has 0 aliphatic carbocycles. The summed E-state index contributed by atoms with van der Waals surface area (Å²) in [4.78, 5) is 0. The van der Waals surface area contributed by atoms with Crippen molar-refractivity contribution in [1.29, 1.82) is 0 Å². The number of fused-ring (bicyclic) bond motifs is 2. The summed E-state index contributed by atoms with van der Waals surface area (Å²) in [5, 5.41) is 23.1. The Labute approximate surface area is 194 Å². The summed E-state index contributed by atoms with van der Waals surface area (Å²) >= 11 is 0. The molecular weight excluding hydrogens is 404 g/mol. The molecule has 164 valence electrons. The molecule has 0 radical (unpaired) electrons. The molecular formula is C30H27N2O-. The van der Waals surface area contributed by atoms with Gasteiger partial charge in [0.1, 0.15) is 0 Å². The first kappa shape index (κ1) is 21.0. The van der Waals surface area contributed by atoms with Crippen LogP contribution in [0.4, 0.5) is 0 Å². The van der Waals surface area contributed by atoms with Gasteiger partial charge in [0.2, 0.25) is 0 Å². The topological polar surface area (TPSA) is 40.3 Å². The van der Waals surface area contributed by atoms with Gasteiger partial charge in [-0.15, -0.1) is 0 Å². The lowest BCUT2D eigenvalue weighted by atomic mass is 9.90. The summed E-state index contributed by atoms with van der Waals surface area (Å²) in [5.41, 5.74) is 7.73. The molecule has 0 saturated carbocycles. The zero-order chi connectivity index (χ0) is 23.3. The molecule has 0 N–H and O–H groups in total. The van der Waals surface area contributed by atoms with Crippen LogP contribution in [0.2, 0.25) is 0 Å². The Kier molecular flexibility index (Phi) is 5.05. The standard InChI is InChI=1S/C30H28N2O/c1-18-19(2)22(5)32(21(18)4)31-20(3)25-15-10-16-28(30(25)33)29-26-13-8-6-11-23(26)17-24-12-7-9-14-27(24)29/h6-17,33H,1-5H3/p-1/b31-20-. The first-order chi connectivity index (χ1) is 15.9. The van der Waals surface area contributed by atoms with Gasteiger partial charge in [-0.1, -0.05) is 72.5 Å². The van der Waals surface area contributed by atoms with Crippen molar-refractivity contribution < 1.29 is 5.11 Å². The Morgan fingerprint density at radius 3 is 1.85 bits per heavy atom. The minimum atomic E-state index is 0.0103. The molecule has 3 heteroatoms. The summed E-state index contributed by atoms with van der Waals surface area (Å²) in [7, 11) is 0. The molecule has 1 heterocycles. The average Bonchev–Trinajstić information content (AvgIpc) is 3.00. The van der Waals surface area contributed by atoms with Gasteiger partial charge in [0, 0.05) is 11.4 Å². The van der Waals surface area contributed by atoms with Crippen molar-refractivity contribution in [2.75, 3.05) is 0 Å². The molecule has 0 amide bonds. The van der Waals surface area contributed by atoms with Crippen molar-refractivity contribution in [3.05, 3.63) is 101 Å². The lowest BCUT2D eigenvalue weighted by Gasteiger charge is -2.22. The van der Waals surface area contributed by atoms with Crippen LogP contribution in [0.3, 0.4) is 0 Å². The molecule has 0 atom stereocenters. The smallest absolute Gasteiger partial charge is 0.0649 e. The van der Waals surface area contributed by atoms with Crippen LogP contribution in [-0.2, 0) is 0 Å². The number of para-hydroxylation sites is 1. The third kappa shape index (κ3) is 3.32. The van der Waals surface area contributed by atoms with Gasteiger partial charge in [-0.3, -0.25) is 0 Å². The number of rotatable bonds is 3. The van der Waals surface area contributed by atoms with E-state index in [0.29, 0.717) is 16.8 Å². The fraction of sp³-hybridized carbons (Fsp3) is 0.167. The first-order valence-electron chi connectivity index (χ1n) is 11.3. The van der Waals surface area contributed by atoms with Gasteiger partial charge in [0.15, 0.2) is 0 Å². The third-order valence-corrected chi connectivity index (χ3v) is 6.98. The average molecular weight is 432 g/mol. The van der Waals surface area contributed by atoms with Gasteiger partial charge in [0.25, 0.3) is 0 Å². The highest BCUT2D eigenvalue weighted by Gasteiger charge is 2.14. The third-order valence-electron chi connectivity index (χ3n) is 6.98. The predicted molar refractivity (Wildman–Crippen MR) is 137 cm³/mol. The quantitative estimate of drug-likeness (QED) is 0.223. The molecule has 0 unspecified atom stereocenters. The van der Waals surface area contributed by atoms with E-state index in [4.69, 9.17) is 5.10 Å². The Morgan fingerprint density at radius 1 is 0.727 bits per heavy atom. The number of hydrogen-bond acceptors (Lipinski definition) is 2. The Bertz CT molecular complexity index is 1490. The molecule has 5 rings (SSSR count). The van der Waals surface area contributed by atoms with E-state index in [1.165, 1.54) is 11.1 Å². The molecule has 1 aromatic heterocycles. The minimum absolute atomic E-state index is 0.0103. The lowest BCUT2D eigenvalue weighted by molar-refractivity contribution is -0.267. The SMILES string of the molecule is C/C(=N/n1c(C)c(C)c(C)c1C)c1cccc(-c2c3ccccc3cc3ccccc23)c1[O-]. The van der Waals surface area contributed by atoms with Gasteiger partial charge >= 0.3 is 0 Å². The Balaban J connectivity index is 1.76. The van der Waals surface area contributed by atoms with Crippen molar-refractivity contribution in [3.8, 4) is 16.9 Å². The summed E-state index contributed by atoms with van der Waals surface area (Å²) in [6.45, 7) is 10.3. The van der Waals surface area contributed by atoms with E-state index in [1.54, 1.807) is 0 Å². The van der Waals surface area contributed by atoms with E-state index in [2.05, 4.69) is 58.0 Å². The zero-order valence-electron chi connectivity index (χ0n) is 19.7. The van der Waals surface area contributed by atoms with Crippen LogP contribution in [0.25, 0.3) is 32.7 Å². The summed E-state index contributed by atoms with van der Waals surface area (Å²) in [5.74, 6) is 0.0103. The second kappa shape index (κ2) is 7.93. The van der Waals surface area contributed by atoms with E-state index in [1.807, 2.05) is 54.1 Å². The van der Waals surface area contributed by atoms with Crippen molar-refractivity contribution in [1.82, 2.24) is 4.68 Å². The highest BCUT2D eigenvalue weighted by molar-refractivity contribution is 6.14. The maximum absolute atomic E-state index is 13.8. The first-order valence-corrected chi connectivity index (χ1v) is 11.3. The molecule has 0 spiro atoms. The van der Waals surface area contributed by atoms with Crippen molar-refractivity contribution in [2.24, 2.45) is 5.10 Å². The summed E-state index contributed by atoms with van der Waals surface area (Å²) in [6.07, 6.45) is 0. The molecule has 0 saturated heterocycles. The van der Waals surface area contributed by atoms with E-state index in [9.17, 15) is 5.11 Å². The molecule has 33 heavy (non-hydrogen) atoms. The van der Waals surface area contributed by atoms with Gasteiger partial charge < -0.3 is 5.11 Å². The van der Waals surface area contributed by atoms with Crippen LogP contribution in [0.15, 0.2) is 77.9 Å². The number of benzene rings is 4. The van der Waals surface area contributed by atoms with Crippen LogP contribution < -0.4 is 5.11 Å². The predicted octanol–water partition coefficient (Wildman–Crippen LogP) is 7.04. The highest BCUT2D eigenvalue weighted by Crippen LogP contribution is 2.40. The lowest BCUT2D eigenvalue weighted by Crippen LogP contribution is -2.07. The molecule has 4 aromatic carbocycles. The molecule has 3 nitrogen and oxygen atoms in total. The fourth-order valence-corrected chi connectivity index (χ4v) is 4.79. The molecule has 0 fully saturated rings. The maximum Gasteiger partial charge on any atom is 0.0649 e. The Morgan fingerprint density at radius 2 is 1.27 bits per heavy atom. The van der Waals surface area contributed by atoms with Gasteiger partial charge in [-0.25, -0.2) is 4.68 Å². The monoisotopic (exact) mass is 431 g/mol. The number of nitrogens with zero attached hydrogens (tertiary/aromatic N) is 2. The number of aromatic nitrogens is 1. The second-order valence-electron chi connectivity index (χ2n) is 8.79. The van der Waals surface area contributed by atoms with Gasteiger partial charge in [-0.2, -0.15) is 5.10 Å². The van der Waals surface area contributed by atoms with Crippen molar-refractivity contribution in [2.45, 2.75) is 34.6 Å². The van der Waals surface area contributed by atoms with E-state index in [0.717, 1.165) is 38.5 Å². The minimum Gasteiger partial charge on any atom is -0.872 e.